The molecule has 0 saturated heterocycles. The highest BCUT2D eigenvalue weighted by molar-refractivity contribution is 6.03. The summed E-state index contributed by atoms with van der Waals surface area (Å²) in [7, 11) is 0. The Hall–Kier alpha value is -3.27. The zero-order valence-corrected chi connectivity index (χ0v) is 13.3. The van der Waals surface area contributed by atoms with Crippen molar-refractivity contribution in [3.05, 3.63) is 73.1 Å². The normalized spacial score (nSPS) is 11.8. The van der Waals surface area contributed by atoms with Crippen LogP contribution in [0.2, 0.25) is 0 Å². The minimum Gasteiger partial charge on any atom is -0.342 e. The quantitative estimate of drug-likeness (QED) is 0.421. The summed E-state index contributed by atoms with van der Waals surface area (Å²) in [6, 6.07) is 20.0. The van der Waals surface area contributed by atoms with Crippen LogP contribution in [0, 0.1) is 0 Å². The number of benzene rings is 2. The summed E-state index contributed by atoms with van der Waals surface area (Å²) in [6.07, 6.45) is 3.59. The number of nitrogens with zero attached hydrogens (tertiary/aromatic N) is 3. The first-order chi connectivity index (χ1) is 11.8. The summed E-state index contributed by atoms with van der Waals surface area (Å²) in [6.45, 7) is 1.95. The van der Waals surface area contributed by atoms with Gasteiger partial charge in [0.1, 0.15) is 5.84 Å². The van der Waals surface area contributed by atoms with Gasteiger partial charge < -0.3 is 5.32 Å². The van der Waals surface area contributed by atoms with Gasteiger partial charge >= 0.3 is 0 Å². The first-order valence-corrected chi connectivity index (χ1v) is 7.81. The average molecular weight is 312 g/mol. The van der Waals surface area contributed by atoms with Gasteiger partial charge in [0.25, 0.3) is 0 Å². The van der Waals surface area contributed by atoms with Gasteiger partial charge in [-0.3, -0.25) is 9.97 Å². The van der Waals surface area contributed by atoms with E-state index in [-0.39, 0.29) is 0 Å². The molecule has 0 saturated carbocycles. The second-order valence-electron chi connectivity index (χ2n) is 5.56. The predicted molar refractivity (Wildman–Crippen MR) is 99.9 cm³/mol. The summed E-state index contributed by atoms with van der Waals surface area (Å²) in [5.74, 6) is 0.798. The molecular weight excluding hydrogens is 296 g/mol. The number of para-hydroxylation sites is 2. The summed E-state index contributed by atoms with van der Waals surface area (Å²) in [5, 5.41) is 5.54. The highest BCUT2D eigenvalue weighted by Crippen LogP contribution is 2.25. The molecule has 0 radical (unpaired) electrons. The standard InChI is InChI=1S/C20H16N4/c1-14(23-17-10-2-6-15-8-4-12-21-19(15)17)24-18-11-3-7-16-9-5-13-22-20(16)18/h2-13H,1H3,(H,23,24). The maximum absolute atomic E-state index is 4.70. The SMILES string of the molecule is CC(=Nc1cccc2cccnc12)Nc1cccc2cccnc12. The Morgan fingerprint density at radius 2 is 1.42 bits per heavy atom. The Kier molecular flexibility index (Phi) is 3.63. The molecule has 2 aromatic heterocycles. The second kappa shape index (κ2) is 6.08. The van der Waals surface area contributed by atoms with Gasteiger partial charge in [-0.15, -0.1) is 0 Å². The van der Waals surface area contributed by atoms with Crippen molar-refractivity contribution in [2.75, 3.05) is 5.32 Å². The zero-order chi connectivity index (χ0) is 16.4. The van der Waals surface area contributed by atoms with Crippen molar-refractivity contribution in [2.24, 2.45) is 4.99 Å². The molecule has 0 fully saturated rings. The van der Waals surface area contributed by atoms with E-state index in [0.717, 1.165) is 39.0 Å². The van der Waals surface area contributed by atoms with E-state index in [4.69, 9.17) is 4.99 Å². The van der Waals surface area contributed by atoms with E-state index in [1.165, 1.54) is 0 Å². The Labute approximate surface area is 139 Å². The zero-order valence-electron chi connectivity index (χ0n) is 13.3. The molecule has 24 heavy (non-hydrogen) atoms. The van der Waals surface area contributed by atoms with Crippen molar-refractivity contribution < 1.29 is 0 Å². The fourth-order valence-corrected chi connectivity index (χ4v) is 2.79. The van der Waals surface area contributed by atoms with E-state index in [1.807, 2.05) is 55.5 Å². The summed E-state index contributed by atoms with van der Waals surface area (Å²) in [5.41, 5.74) is 3.64. The van der Waals surface area contributed by atoms with Crippen molar-refractivity contribution >= 4 is 39.0 Å². The van der Waals surface area contributed by atoms with Crippen LogP contribution >= 0.6 is 0 Å². The molecule has 4 rings (SSSR count). The number of pyridine rings is 2. The smallest absolute Gasteiger partial charge is 0.104 e. The Morgan fingerprint density at radius 1 is 0.792 bits per heavy atom. The molecule has 0 unspecified atom stereocenters. The molecule has 4 nitrogen and oxygen atoms in total. The van der Waals surface area contributed by atoms with Gasteiger partial charge in [-0.05, 0) is 31.2 Å². The Morgan fingerprint density at radius 3 is 2.21 bits per heavy atom. The number of anilines is 1. The molecule has 0 bridgehead atoms. The van der Waals surface area contributed by atoms with Crippen LogP contribution in [0.15, 0.2) is 78.0 Å². The summed E-state index contributed by atoms with van der Waals surface area (Å²) >= 11 is 0. The number of hydrogen-bond acceptors (Lipinski definition) is 3. The van der Waals surface area contributed by atoms with Crippen LogP contribution in [0.25, 0.3) is 21.8 Å². The van der Waals surface area contributed by atoms with Crippen LogP contribution < -0.4 is 5.32 Å². The van der Waals surface area contributed by atoms with Crippen LogP contribution in [0.5, 0.6) is 0 Å². The van der Waals surface area contributed by atoms with E-state index in [9.17, 15) is 0 Å². The topological polar surface area (TPSA) is 50.2 Å². The molecule has 0 spiro atoms. The van der Waals surface area contributed by atoms with Gasteiger partial charge in [-0.2, -0.15) is 0 Å². The Balaban J connectivity index is 1.72. The maximum atomic E-state index is 4.70. The third kappa shape index (κ3) is 2.70. The Bertz CT molecular complexity index is 1040. The van der Waals surface area contributed by atoms with Gasteiger partial charge in [0, 0.05) is 23.2 Å². The summed E-state index contributed by atoms with van der Waals surface area (Å²) < 4.78 is 0. The van der Waals surface area contributed by atoms with Crippen LogP contribution in [0.3, 0.4) is 0 Å². The third-order valence-corrected chi connectivity index (χ3v) is 3.85. The summed E-state index contributed by atoms with van der Waals surface area (Å²) in [4.78, 5) is 13.6. The van der Waals surface area contributed by atoms with Crippen LogP contribution in [0.1, 0.15) is 6.92 Å². The molecule has 1 N–H and O–H groups in total. The second-order valence-corrected chi connectivity index (χ2v) is 5.56. The van der Waals surface area contributed by atoms with Crippen LogP contribution in [-0.2, 0) is 0 Å². The average Bonchev–Trinajstić information content (AvgIpc) is 2.62. The van der Waals surface area contributed by atoms with Gasteiger partial charge in [-0.1, -0.05) is 36.4 Å². The highest BCUT2D eigenvalue weighted by Gasteiger charge is 2.04. The van der Waals surface area contributed by atoms with E-state index >= 15 is 0 Å². The number of hydrogen-bond donors (Lipinski definition) is 1. The van der Waals surface area contributed by atoms with Gasteiger partial charge in [0.15, 0.2) is 0 Å². The van der Waals surface area contributed by atoms with Crippen molar-refractivity contribution in [1.29, 1.82) is 0 Å². The molecule has 116 valence electrons. The first-order valence-electron chi connectivity index (χ1n) is 7.81. The van der Waals surface area contributed by atoms with Crippen LogP contribution in [-0.4, -0.2) is 15.8 Å². The lowest BCUT2D eigenvalue weighted by atomic mass is 10.2. The monoisotopic (exact) mass is 312 g/mol. The van der Waals surface area contributed by atoms with Gasteiger partial charge in [-0.25, -0.2) is 4.99 Å². The molecule has 4 aromatic rings. The highest BCUT2D eigenvalue weighted by atomic mass is 15.0. The number of rotatable bonds is 2. The molecule has 0 atom stereocenters. The lowest BCUT2D eigenvalue weighted by Gasteiger charge is -2.09. The number of nitrogens with one attached hydrogen (secondary N) is 1. The molecule has 2 heterocycles. The number of fused-ring (bicyclic) bond motifs is 2. The van der Waals surface area contributed by atoms with Gasteiger partial charge in [0.2, 0.25) is 0 Å². The molecule has 0 aliphatic rings. The van der Waals surface area contributed by atoms with E-state index in [2.05, 4.69) is 27.4 Å². The van der Waals surface area contributed by atoms with E-state index < -0.39 is 0 Å². The third-order valence-electron chi connectivity index (χ3n) is 3.85. The fraction of sp³-hybridized carbons (Fsp3) is 0.0500. The minimum absolute atomic E-state index is 0.798. The van der Waals surface area contributed by atoms with Crippen molar-refractivity contribution in [2.45, 2.75) is 6.92 Å². The number of aliphatic imine (C=N–C) groups is 1. The lowest BCUT2D eigenvalue weighted by Crippen LogP contribution is -2.07. The van der Waals surface area contributed by atoms with E-state index in [0.29, 0.717) is 0 Å². The first kappa shape index (κ1) is 14.3. The predicted octanol–water partition coefficient (Wildman–Crippen LogP) is 4.95. The molecule has 0 aliphatic carbocycles. The molecule has 4 heteroatoms. The van der Waals surface area contributed by atoms with E-state index in [1.54, 1.807) is 12.4 Å². The number of amidine groups is 1. The lowest BCUT2D eigenvalue weighted by molar-refractivity contribution is 1.38. The van der Waals surface area contributed by atoms with Gasteiger partial charge in [0.05, 0.1) is 22.4 Å². The maximum Gasteiger partial charge on any atom is 0.104 e. The largest absolute Gasteiger partial charge is 0.342 e. The molecular formula is C20H16N4. The molecule has 0 aliphatic heterocycles. The van der Waals surface area contributed by atoms with Crippen LogP contribution in [0.4, 0.5) is 11.4 Å². The molecule has 0 amide bonds. The fourth-order valence-electron chi connectivity index (χ4n) is 2.79. The minimum atomic E-state index is 0.798. The van der Waals surface area contributed by atoms with Crippen molar-refractivity contribution in [3.8, 4) is 0 Å². The molecule has 2 aromatic carbocycles. The van der Waals surface area contributed by atoms with Crippen molar-refractivity contribution in [1.82, 2.24) is 9.97 Å². The number of aromatic nitrogens is 2. The van der Waals surface area contributed by atoms with Crippen molar-refractivity contribution in [3.63, 3.8) is 0 Å².